The van der Waals surface area contributed by atoms with Crippen molar-refractivity contribution in [1.82, 2.24) is 0 Å². The highest BCUT2D eigenvalue weighted by atomic mass is 35.5. The van der Waals surface area contributed by atoms with Crippen molar-refractivity contribution in [3.05, 3.63) is 43.4 Å². The Labute approximate surface area is 148 Å². The molecule has 1 aromatic carbocycles. The van der Waals surface area contributed by atoms with E-state index < -0.39 is 11.4 Å². The molecule has 0 saturated carbocycles. The van der Waals surface area contributed by atoms with Crippen LogP contribution < -0.4 is 0 Å². The van der Waals surface area contributed by atoms with E-state index >= 15 is 0 Å². The third-order valence-electron chi connectivity index (χ3n) is 4.74. The first-order chi connectivity index (χ1) is 10.5. The minimum absolute atomic E-state index is 0.00936. The van der Waals surface area contributed by atoms with E-state index in [4.69, 9.17) is 60.6 Å². The zero-order valence-electron chi connectivity index (χ0n) is 11.6. The second-order valence-corrected chi connectivity index (χ2v) is 7.12. The van der Waals surface area contributed by atoms with Gasteiger partial charge in [0.2, 0.25) is 5.79 Å². The first-order valence-corrected chi connectivity index (χ1v) is 8.37. The second-order valence-electron chi connectivity index (χ2n) is 5.60. The van der Waals surface area contributed by atoms with Gasteiger partial charge in [-0.05, 0) is 11.6 Å². The van der Waals surface area contributed by atoms with E-state index in [0.717, 1.165) is 5.56 Å². The normalized spacial score (nSPS) is 31.0. The smallest absolute Gasteiger partial charge is 0.206 e. The quantitative estimate of drug-likeness (QED) is 0.391. The molecule has 2 bridgehead atoms. The monoisotopic (exact) mass is 380 g/mol. The van der Waals surface area contributed by atoms with Gasteiger partial charge in [0.1, 0.15) is 0 Å². The number of hydrogen-bond donors (Lipinski definition) is 0. The molecular weight excluding hydrogens is 370 g/mol. The number of ether oxygens (including phenoxy) is 3. The highest BCUT2D eigenvalue weighted by Crippen LogP contribution is 2.62. The summed E-state index contributed by atoms with van der Waals surface area (Å²) in [7, 11) is 1.60. The van der Waals surface area contributed by atoms with Crippen molar-refractivity contribution in [2.24, 2.45) is 0 Å². The van der Waals surface area contributed by atoms with Gasteiger partial charge in [-0.15, -0.1) is 0 Å². The van der Waals surface area contributed by atoms with E-state index in [1.807, 2.05) is 12.2 Å². The van der Waals surface area contributed by atoms with Gasteiger partial charge in [-0.1, -0.05) is 52.5 Å². The fraction of sp³-hybridized carbons (Fsp3) is 0.467. The average molecular weight is 382 g/mol. The second kappa shape index (κ2) is 5.00. The number of methoxy groups -OCH3 is 1. The van der Waals surface area contributed by atoms with Gasteiger partial charge in [-0.3, -0.25) is 0 Å². The highest BCUT2D eigenvalue weighted by Gasteiger charge is 2.64. The Hall–Kier alpha value is -0.000000000000000111. The lowest BCUT2D eigenvalue weighted by atomic mass is 9.64. The van der Waals surface area contributed by atoms with E-state index in [0.29, 0.717) is 35.2 Å². The summed E-state index contributed by atoms with van der Waals surface area (Å²) < 4.78 is 17.8. The Morgan fingerprint density at radius 3 is 2.32 bits per heavy atom. The first kappa shape index (κ1) is 15.5. The largest absolute Gasteiger partial charge is 0.364 e. The van der Waals surface area contributed by atoms with Gasteiger partial charge in [0.15, 0.2) is 5.60 Å². The molecular formula is C15H12Cl4O3. The van der Waals surface area contributed by atoms with Crippen LogP contribution >= 0.6 is 46.4 Å². The zero-order chi connectivity index (χ0) is 15.7. The molecule has 1 heterocycles. The molecule has 4 aliphatic rings. The molecule has 118 valence electrons. The predicted molar refractivity (Wildman–Crippen MR) is 86.3 cm³/mol. The molecule has 1 aliphatic heterocycles. The van der Waals surface area contributed by atoms with Crippen LogP contribution in [0.5, 0.6) is 0 Å². The molecule has 1 spiro atoms. The predicted octanol–water partition coefficient (Wildman–Crippen LogP) is 4.94. The molecule has 1 aromatic rings. The SMILES string of the molecule is CO[C@@]12C=C[C@H](CC13OCCO3)c1c(Cl)c(Cl)c(Cl)c(Cl)c12. The Morgan fingerprint density at radius 2 is 1.68 bits per heavy atom. The lowest BCUT2D eigenvalue weighted by molar-refractivity contribution is -0.278. The van der Waals surface area contributed by atoms with Crippen LogP contribution in [0.3, 0.4) is 0 Å². The van der Waals surface area contributed by atoms with E-state index in [2.05, 4.69) is 0 Å². The molecule has 5 rings (SSSR count). The Kier molecular flexibility index (Phi) is 3.53. The molecule has 1 fully saturated rings. The minimum Gasteiger partial charge on any atom is -0.364 e. The number of rotatable bonds is 1. The summed E-state index contributed by atoms with van der Waals surface area (Å²) >= 11 is 25.4. The van der Waals surface area contributed by atoms with Crippen LogP contribution in [0.25, 0.3) is 0 Å². The van der Waals surface area contributed by atoms with Crippen molar-refractivity contribution in [3.63, 3.8) is 0 Å². The molecule has 0 N–H and O–H groups in total. The van der Waals surface area contributed by atoms with Crippen LogP contribution in [0.1, 0.15) is 23.5 Å². The van der Waals surface area contributed by atoms with Crippen molar-refractivity contribution in [2.45, 2.75) is 23.7 Å². The topological polar surface area (TPSA) is 27.7 Å². The first-order valence-electron chi connectivity index (χ1n) is 6.86. The number of benzene rings is 1. The molecule has 3 nitrogen and oxygen atoms in total. The summed E-state index contributed by atoms with van der Waals surface area (Å²) in [5, 5.41) is 1.23. The van der Waals surface area contributed by atoms with Gasteiger partial charge < -0.3 is 14.2 Å². The fourth-order valence-electron chi connectivity index (χ4n) is 3.83. The number of halogens is 4. The van der Waals surface area contributed by atoms with Crippen LogP contribution in [-0.4, -0.2) is 26.1 Å². The summed E-state index contributed by atoms with van der Waals surface area (Å²) in [6, 6.07) is 0. The Morgan fingerprint density at radius 1 is 1.05 bits per heavy atom. The standard InChI is InChI=1S/C15H12Cl4O3/c1-20-14-3-2-7(6-15(14)21-4-5-22-15)8-9(14)11(17)13(19)12(18)10(8)16/h2-3,7H,4-6H2,1H3/t7-,14-/m1/s1. The van der Waals surface area contributed by atoms with Crippen molar-refractivity contribution in [3.8, 4) is 0 Å². The molecule has 2 atom stereocenters. The van der Waals surface area contributed by atoms with Gasteiger partial charge in [0.25, 0.3) is 0 Å². The third-order valence-corrected chi connectivity index (χ3v) is 6.56. The molecule has 0 amide bonds. The summed E-state index contributed by atoms with van der Waals surface area (Å²) in [5.41, 5.74) is 0.551. The molecule has 7 heteroatoms. The lowest BCUT2D eigenvalue weighted by Gasteiger charge is -2.53. The van der Waals surface area contributed by atoms with Gasteiger partial charge >= 0.3 is 0 Å². The molecule has 22 heavy (non-hydrogen) atoms. The average Bonchev–Trinajstić information content (AvgIpc) is 2.99. The summed E-state index contributed by atoms with van der Waals surface area (Å²) in [5.74, 6) is -0.914. The van der Waals surface area contributed by atoms with Crippen LogP contribution in [-0.2, 0) is 19.8 Å². The van der Waals surface area contributed by atoms with Crippen LogP contribution in [0.4, 0.5) is 0 Å². The number of allylic oxidation sites excluding steroid dienone is 1. The van der Waals surface area contributed by atoms with E-state index in [1.165, 1.54) is 0 Å². The van der Waals surface area contributed by atoms with Crippen LogP contribution in [0, 0.1) is 0 Å². The molecule has 1 saturated heterocycles. The third kappa shape index (κ3) is 1.66. The maximum atomic E-state index is 6.51. The molecule has 0 radical (unpaired) electrons. The fourth-order valence-corrected chi connectivity index (χ4v) is 4.98. The van der Waals surface area contributed by atoms with Gasteiger partial charge in [-0.2, -0.15) is 0 Å². The maximum absolute atomic E-state index is 6.51. The Bertz CT molecular complexity index is 697. The molecule has 0 aromatic heterocycles. The lowest BCUT2D eigenvalue weighted by Crippen LogP contribution is -2.58. The van der Waals surface area contributed by atoms with E-state index in [1.54, 1.807) is 7.11 Å². The Balaban J connectivity index is 2.08. The zero-order valence-corrected chi connectivity index (χ0v) is 14.6. The molecule has 3 aliphatic carbocycles. The van der Waals surface area contributed by atoms with Crippen molar-refractivity contribution < 1.29 is 14.2 Å². The summed E-state index contributed by atoms with van der Waals surface area (Å²) in [6.45, 7) is 1.02. The van der Waals surface area contributed by atoms with Crippen molar-refractivity contribution in [2.75, 3.05) is 20.3 Å². The van der Waals surface area contributed by atoms with Gasteiger partial charge in [-0.25, -0.2) is 0 Å². The van der Waals surface area contributed by atoms with Crippen LogP contribution in [0.15, 0.2) is 12.2 Å². The van der Waals surface area contributed by atoms with Crippen molar-refractivity contribution in [1.29, 1.82) is 0 Å². The summed E-state index contributed by atoms with van der Waals surface area (Å²) in [4.78, 5) is 0. The van der Waals surface area contributed by atoms with Crippen LogP contribution in [0.2, 0.25) is 20.1 Å². The highest BCUT2D eigenvalue weighted by molar-refractivity contribution is 6.52. The van der Waals surface area contributed by atoms with Gasteiger partial charge in [0.05, 0.1) is 33.3 Å². The summed E-state index contributed by atoms with van der Waals surface area (Å²) in [6.07, 6.45) is 4.56. The maximum Gasteiger partial charge on any atom is 0.206 e. The molecule has 0 unspecified atom stereocenters. The van der Waals surface area contributed by atoms with E-state index in [-0.39, 0.29) is 16.0 Å². The van der Waals surface area contributed by atoms with Crippen molar-refractivity contribution >= 4 is 46.4 Å². The minimum atomic E-state index is -0.984. The van der Waals surface area contributed by atoms with Gasteiger partial charge in [0, 0.05) is 25.0 Å². The number of hydrogen-bond acceptors (Lipinski definition) is 3. The van der Waals surface area contributed by atoms with E-state index in [9.17, 15) is 0 Å².